The van der Waals surface area contributed by atoms with Crippen molar-refractivity contribution < 1.29 is 24.0 Å². The highest BCUT2D eigenvalue weighted by Crippen LogP contribution is 2.09. The van der Waals surface area contributed by atoms with E-state index in [1.165, 1.54) is 6.92 Å². The largest absolute Gasteiger partial charge is 0.368 e. The van der Waals surface area contributed by atoms with E-state index in [9.17, 15) is 24.0 Å². The summed E-state index contributed by atoms with van der Waals surface area (Å²) in [4.78, 5) is 63.2. The second kappa shape index (κ2) is 16.4. The normalized spacial score (nSPS) is 14.2. The third-order valence-electron chi connectivity index (χ3n) is 6.06. The molecule has 0 bridgehead atoms. The summed E-state index contributed by atoms with van der Waals surface area (Å²) in [5.74, 6) is -2.65. The monoisotopic (exact) mass is 531 g/mol. The summed E-state index contributed by atoms with van der Waals surface area (Å²) in [5, 5.41) is 10.8. The second-order valence-corrected chi connectivity index (χ2v) is 10.5. The number of hydrogen-bond acceptors (Lipinski definition) is 5. The highest BCUT2D eigenvalue weighted by Gasteiger charge is 2.31. The molecule has 0 heterocycles. The molecule has 1 rings (SSSR count). The van der Waals surface area contributed by atoms with Crippen LogP contribution in [0.4, 0.5) is 0 Å². The van der Waals surface area contributed by atoms with E-state index in [4.69, 9.17) is 5.73 Å². The van der Waals surface area contributed by atoms with Crippen LogP contribution < -0.4 is 27.0 Å². The quantitative estimate of drug-likeness (QED) is 0.219. The van der Waals surface area contributed by atoms with Gasteiger partial charge in [-0.05, 0) is 37.2 Å². The first kappa shape index (κ1) is 32.6. The molecule has 0 aliphatic heterocycles. The summed E-state index contributed by atoms with van der Waals surface area (Å²) in [5.41, 5.74) is 6.27. The Balaban J connectivity index is 2.94. The minimum atomic E-state index is -0.969. The third kappa shape index (κ3) is 11.7. The van der Waals surface area contributed by atoms with E-state index in [1.807, 2.05) is 51.1 Å². The number of carbonyl (C=O) groups is 5. The fourth-order valence-electron chi connectivity index (χ4n) is 3.83. The van der Waals surface area contributed by atoms with E-state index in [1.54, 1.807) is 13.8 Å². The minimum absolute atomic E-state index is 0.129. The van der Waals surface area contributed by atoms with Gasteiger partial charge in [0.2, 0.25) is 29.5 Å². The van der Waals surface area contributed by atoms with Gasteiger partial charge in [-0.15, -0.1) is 0 Å². The van der Waals surface area contributed by atoms with E-state index >= 15 is 0 Å². The first-order chi connectivity index (χ1) is 17.8. The van der Waals surface area contributed by atoms with Gasteiger partial charge in [-0.1, -0.05) is 71.4 Å². The Morgan fingerprint density at radius 1 is 0.789 bits per heavy atom. The van der Waals surface area contributed by atoms with E-state index < -0.39 is 47.8 Å². The SMILES string of the molecule is CCCCC(=O)N[C@@H](Cc1ccccc1)C(=O)N[C@H](C(=O)N[C@@H](C)C(=O)N[C@@H](CC(C)C)C(N)=O)C(C)C. The van der Waals surface area contributed by atoms with Crippen LogP contribution in [0.25, 0.3) is 0 Å². The Hall–Kier alpha value is -3.43. The standard InChI is InChI=1S/C28H45N5O5/c1-7-8-14-23(34)31-22(16-20-12-10-9-11-13-20)27(37)33-24(18(4)5)28(38)30-19(6)26(36)32-21(25(29)35)15-17(2)3/h9-13,17-19,21-22,24H,7-8,14-16H2,1-6H3,(H2,29,35)(H,30,38)(H,31,34)(H,32,36)(H,33,37)/t19-,21-,22-,24-/m0/s1. The van der Waals surface area contributed by atoms with Crippen LogP contribution in [0, 0.1) is 11.8 Å². The fourth-order valence-corrected chi connectivity index (χ4v) is 3.83. The molecular weight excluding hydrogens is 486 g/mol. The lowest BCUT2D eigenvalue weighted by molar-refractivity contribution is -0.135. The number of amides is 5. The summed E-state index contributed by atoms with van der Waals surface area (Å²) in [6, 6.07) is 5.65. The minimum Gasteiger partial charge on any atom is -0.368 e. The summed E-state index contributed by atoms with van der Waals surface area (Å²) >= 11 is 0. The Labute approximate surface area is 226 Å². The summed E-state index contributed by atoms with van der Waals surface area (Å²) < 4.78 is 0. The van der Waals surface area contributed by atoms with Crippen LogP contribution in [-0.4, -0.2) is 53.7 Å². The number of rotatable bonds is 16. The number of carbonyl (C=O) groups excluding carboxylic acids is 5. The summed E-state index contributed by atoms with van der Waals surface area (Å²) in [6.07, 6.45) is 2.50. The molecule has 10 nitrogen and oxygen atoms in total. The fraction of sp³-hybridized carbons (Fsp3) is 0.607. The lowest BCUT2D eigenvalue weighted by Gasteiger charge is -2.27. The molecule has 4 atom stereocenters. The maximum Gasteiger partial charge on any atom is 0.243 e. The topological polar surface area (TPSA) is 159 Å². The van der Waals surface area contributed by atoms with Crippen molar-refractivity contribution in [2.24, 2.45) is 17.6 Å². The van der Waals surface area contributed by atoms with Gasteiger partial charge in [-0.25, -0.2) is 0 Å². The zero-order valence-corrected chi connectivity index (χ0v) is 23.5. The molecule has 0 spiro atoms. The van der Waals surface area contributed by atoms with Crippen molar-refractivity contribution in [3.05, 3.63) is 35.9 Å². The molecule has 1 aromatic carbocycles. The van der Waals surface area contributed by atoms with Gasteiger partial charge in [0.1, 0.15) is 24.2 Å². The number of nitrogens with one attached hydrogen (secondary N) is 4. The van der Waals surface area contributed by atoms with Gasteiger partial charge < -0.3 is 27.0 Å². The molecule has 0 fully saturated rings. The molecule has 6 N–H and O–H groups in total. The molecule has 212 valence electrons. The van der Waals surface area contributed by atoms with Gasteiger partial charge in [0, 0.05) is 12.8 Å². The molecule has 5 amide bonds. The molecule has 0 saturated carbocycles. The van der Waals surface area contributed by atoms with Gasteiger partial charge in [0.15, 0.2) is 0 Å². The van der Waals surface area contributed by atoms with Gasteiger partial charge >= 0.3 is 0 Å². The number of benzene rings is 1. The molecule has 38 heavy (non-hydrogen) atoms. The molecule has 0 unspecified atom stereocenters. The Morgan fingerprint density at radius 2 is 1.42 bits per heavy atom. The predicted octanol–water partition coefficient (Wildman–Crippen LogP) is 1.57. The Morgan fingerprint density at radius 3 is 1.95 bits per heavy atom. The molecule has 0 radical (unpaired) electrons. The number of primary amides is 1. The van der Waals surface area contributed by atoms with Crippen LogP contribution in [-0.2, 0) is 30.4 Å². The molecule has 0 aliphatic carbocycles. The highest BCUT2D eigenvalue weighted by molar-refractivity contribution is 5.95. The van der Waals surface area contributed by atoms with Gasteiger partial charge in [0.05, 0.1) is 0 Å². The van der Waals surface area contributed by atoms with Gasteiger partial charge in [-0.2, -0.15) is 0 Å². The van der Waals surface area contributed by atoms with Crippen LogP contribution >= 0.6 is 0 Å². The second-order valence-electron chi connectivity index (χ2n) is 10.5. The number of nitrogens with two attached hydrogens (primary N) is 1. The van der Waals surface area contributed by atoms with Crippen LogP contribution in [0.5, 0.6) is 0 Å². The van der Waals surface area contributed by atoms with Crippen LogP contribution in [0.1, 0.15) is 72.8 Å². The van der Waals surface area contributed by atoms with Crippen molar-refractivity contribution >= 4 is 29.5 Å². The Bertz CT molecular complexity index is 935. The zero-order chi connectivity index (χ0) is 28.8. The van der Waals surface area contributed by atoms with Crippen molar-refractivity contribution in [1.82, 2.24) is 21.3 Å². The zero-order valence-electron chi connectivity index (χ0n) is 23.5. The van der Waals surface area contributed by atoms with E-state index in [-0.39, 0.29) is 24.2 Å². The average molecular weight is 532 g/mol. The molecule has 0 saturated heterocycles. The molecule has 1 aromatic rings. The van der Waals surface area contributed by atoms with E-state index in [0.717, 1.165) is 12.0 Å². The average Bonchev–Trinajstić information content (AvgIpc) is 2.84. The van der Waals surface area contributed by atoms with Crippen molar-refractivity contribution in [2.45, 2.75) is 97.8 Å². The maximum absolute atomic E-state index is 13.3. The molecular formula is C28H45N5O5. The number of unbranched alkanes of at least 4 members (excludes halogenated alkanes) is 1. The maximum atomic E-state index is 13.3. The van der Waals surface area contributed by atoms with Crippen molar-refractivity contribution in [1.29, 1.82) is 0 Å². The lowest BCUT2D eigenvalue weighted by Crippen LogP contribution is -2.59. The van der Waals surface area contributed by atoms with Crippen molar-refractivity contribution in [2.75, 3.05) is 0 Å². The van der Waals surface area contributed by atoms with Gasteiger partial charge in [-0.3, -0.25) is 24.0 Å². The third-order valence-corrected chi connectivity index (χ3v) is 6.06. The van der Waals surface area contributed by atoms with Gasteiger partial charge in [0.25, 0.3) is 0 Å². The molecule has 10 heteroatoms. The van der Waals surface area contributed by atoms with Crippen LogP contribution in [0.15, 0.2) is 30.3 Å². The van der Waals surface area contributed by atoms with Crippen LogP contribution in [0.2, 0.25) is 0 Å². The smallest absolute Gasteiger partial charge is 0.243 e. The first-order valence-electron chi connectivity index (χ1n) is 13.4. The lowest BCUT2D eigenvalue weighted by atomic mass is 10.00. The molecule has 0 aliphatic rings. The Kier molecular flexibility index (Phi) is 14.1. The number of hydrogen-bond donors (Lipinski definition) is 5. The summed E-state index contributed by atoms with van der Waals surface area (Å²) in [6.45, 7) is 10.8. The van der Waals surface area contributed by atoms with Crippen LogP contribution in [0.3, 0.4) is 0 Å². The summed E-state index contributed by atoms with van der Waals surface area (Å²) in [7, 11) is 0. The van der Waals surface area contributed by atoms with E-state index in [0.29, 0.717) is 19.3 Å². The van der Waals surface area contributed by atoms with Crippen molar-refractivity contribution in [3.63, 3.8) is 0 Å². The molecule has 0 aromatic heterocycles. The first-order valence-corrected chi connectivity index (χ1v) is 13.4. The predicted molar refractivity (Wildman–Crippen MR) is 147 cm³/mol. The van der Waals surface area contributed by atoms with Crippen molar-refractivity contribution in [3.8, 4) is 0 Å². The van der Waals surface area contributed by atoms with E-state index in [2.05, 4.69) is 21.3 Å². The highest BCUT2D eigenvalue weighted by atomic mass is 16.2.